The molecule has 22 heavy (non-hydrogen) atoms. The second-order valence-electron chi connectivity index (χ2n) is 5.26. The number of nitrogen functional groups attached to an aromatic ring is 1. The molecule has 8 heteroatoms. The van der Waals surface area contributed by atoms with Crippen molar-refractivity contribution in [1.82, 2.24) is 19.9 Å². The number of carbonyl (C=O) groups excluding carboxylic acids is 1. The van der Waals surface area contributed by atoms with Crippen LogP contribution in [0.5, 0.6) is 0 Å². The molecule has 0 saturated heterocycles. The molecule has 2 rings (SSSR count). The van der Waals surface area contributed by atoms with Crippen molar-refractivity contribution in [3.8, 4) is 0 Å². The van der Waals surface area contributed by atoms with Gasteiger partial charge in [-0.15, -0.1) is 0 Å². The van der Waals surface area contributed by atoms with E-state index in [0.717, 1.165) is 0 Å². The Morgan fingerprint density at radius 1 is 1.45 bits per heavy atom. The van der Waals surface area contributed by atoms with E-state index in [2.05, 4.69) is 15.3 Å². The summed E-state index contributed by atoms with van der Waals surface area (Å²) in [6.07, 6.45) is 4.39. The zero-order valence-corrected chi connectivity index (χ0v) is 12.7. The van der Waals surface area contributed by atoms with Crippen LogP contribution < -0.4 is 16.8 Å². The van der Waals surface area contributed by atoms with Crippen molar-refractivity contribution in [3.05, 3.63) is 29.9 Å². The van der Waals surface area contributed by atoms with Crippen LogP contribution in [0.4, 0.5) is 5.82 Å². The van der Waals surface area contributed by atoms with Gasteiger partial charge in [0.1, 0.15) is 23.6 Å². The number of nitrogens with two attached hydrogens (primary N) is 2. The Balaban J connectivity index is 2.49. The van der Waals surface area contributed by atoms with Crippen LogP contribution in [-0.2, 0) is 0 Å². The van der Waals surface area contributed by atoms with Crippen molar-refractivity contribution >= 4 is 28.6 Å². The summed E-state index contributed by atoms with van der Waals surface area (Å²) in [6.45, 7) is 5.58. The van der Waals surface area contributed by atoms with Crippen molar-refractivity contribution in [2.45, 2.75) is 26.8 Å². The summed E-state index contributed by atoms with van der Waals surface area (Å²) in [7, 11) is 0. The first-order valence-electron chi connectivity index (χ1n) is 6.76. The molecule has 2 aromatic heterocycles. The predicted octanol–water partition coefficient (Wildman–Crippen LogP) is 1.16. The van der Waals surface area contributed by atoms with Gasteiger partial charge in [0.15, 0.2) is 0 Å². The molecule has 0 aliphatic carbocycles. The van der Waals surface area contributed by atoms with E-state index < -0.39 is 5.91 Å². The molecule has 2 aromatic rings. The van der Waals surface area contributed by atoms with Gasteiger partial charge in [0.05, 0.1) is 10.9 Å². The molecule has 0 spiro atoms. The lowest BCUT2D eigenvalue weighted by Gasteiger charge is -2.07. The zero-order valence-electron chi connectivity index (χ0n) is 12.7. The van der Waals surface area contributed by atoms with Gasteiger partial charge < -0.3 is 21.4 Å². The average molecular weight is 301 g/mol. The minimum atomic E-state index is -0.451. The molecule has 0 radical (unpaired) electrons. The third-order valence-corrected chi connectivity index (χ3v) is 3.06. The van der Waals surface area contributed by atoms with Gasteiger partial charge in [0.25, 0.3) is 5.91 Å². The van der Waals surface area contributed by atoms with Crippen LogP contribution in [0.3, 0.4) is 0 Å². The Morgan fingerprint density at radius 3 is 2.73 bits per heavy atom. The molecular formula is C14H19N7O. The van der Waals surface area contributed by atoms with Crippen molar-refractivity contribution in [2.75, 3.05) is 5.73 Å². The van der Waals surface area contributed by atoms with Gasteiger partial charge in [-0.3, -0.25) is 10.2 Å². The van der Waals surface area contributed by atoms with Gasteiger partial charge in [-0.25, -0.2) is 9.97 Å². The quantitative estimate of drug-likeness (QED) is 0.498. The third kappa shape index (κ3) is 2.90. The SMILES string of the molecule is C/C(N)=C/C(=N)NC(=O)c1cn(C(C)C)c2ncnc(N)c12. The fraction of sp³-hybridized carbons (Fsp3) is 0.286. The Hall–Kier alpha value is -2.90. The third-order valence-electron chi connectivity index (χ3n) is 3.06. The number of hydrogen-bond donors (Lipinski definition) is 4. The van der Waals surface area contributed by atoms with Crippen LogP contribution in [0.15, 0.2) is 24.3 Å². The molecule has 0 aliphatic rings. The molecule has 0 fully saturated rings. The first-order chi connectivity index (χ1) is 10.3. The van der Waals surface area contributed by atoms with Crippen LogP contribution >= 0.6 is 0 Å². The average Bonchev–Trinajstić information content (AvgIpc) is 2.78. The highest BCUT2D eigenvalue weighted by Gasteiger charge is 2.20. The largest absolute Gasteiger partial charge is 0.402 e. The summed E-state index contributed by atoms with van der Waals surface area (Å²) in [6, 6.07) is 0.101. The summed E-state index contributed by atoms with van der Waals surface area (Å²) in [5.41, 5.74) is 12.7. The monoisotopic (exact) mass is 301 g/mol. The Morgan fingerprint density at radius 2 is 2.14 bits per heavy atom. The number of fused-ring (bicyclic) bond motifs is 1. The van der Waals surface area contributed by atoms with Crippen LogP contribution in [0.2, 0.25) is 0 Å². The minimum absolute atomic E-state index is 0.0918. The highest BCUT2D eigenvalue weighted by atomic mass is 16.1. The second kappa shape index (κ2) is 5.84. The molecule has 0 unspecified atom stereocenters. The van der Waals surface area contributed by atoms with Crippen LogP contribution in [-0.4, -0.2) is 26.3 Å². The lowest BCUT2D eigenvalue weighted by atomic mass is 10.2. The number of nitrogens with zero attached hydrogens (tertiary/aromatic N) is 3. The van der Waals surface area contributed by atoms with E-state index in [1.165, 1.54) is 12.4 Å². The molecule has 116 valence electrons. The smallest absolute Gasteiger partial charge is 0.259 e. The summed E-state index contributed by atoms with van der Waals surface area (Å²) in [5.74, 6) is -0.314. The lowest BCUT2D eigenvalue weighted by molar-refractivity contribution is 0.0978. The van der Waals surface area contributed by atoms with Crippen LogP contribution in [0.25, 0.3) is 11.0 Å². The summed E-state index contributed by atoms with van der Waals surface area (Å²) in [5, 5.41) is 10.6. The highest BCUT2D eigenvalue weighted by molar-refractivity contribution is 6.16. The molecule has 1 amide bonds. The van der Waals surface area contributed by atoms with Crippen LogP contribution in [0, 0.1) is 5.41 Å². The Bertz CT molecular complexity index is 769. The normalized spacial score (nSPS) is 11.9. The van der Waals surface area contributed by atoms with Crippen molar-refractivity contribution in [3.63, 3.8) is 0 Å². The van der Waals surface area contributed by atoms with E-state index in [0.29, 0.717) is 22.3 Å². The van der Waals surface area contributed by atoms with E-state index in [1.807, 2.05) is 18.4 Å². The molecule has 2 heterocycles. The molecule has 6 N–H and O–H groups in total. The maximum absolute atomic E-state index is 12.4. The fourth-order valence-corrected chi connectivity index (χ4v) is 2.13. The van der Waals surface area contributed by atoms with Crippen molar-refractivity contribution in [2.24, 2.45) is 5.73 Å². The summed E-state index contributed by atoms with van der Waals surface area (Å²) < 4.78 is 1.84. The maximum atomic E-state index is 12.4. The molecule has 0 atom stereocenters. The van der Waals surface area contributed by atoms with Gasteiger partial charge in [0, 0.05) is 17.9 Å². The number of allylic oxidation sites excluding steroid dienone is 1. The van der Waals surface area contributed by atoms with Crippen molar-refractivity contribution < 1.29 is 4.79 Å². The number of hydrogen-bond acceptors (Lipinski definition) is 6. The number of carbonyl (C=O) groups is 1. The van der Waals surface area contributed by atoms with E-state index in [-0.39, 0.29) is 17.7 Å². The van der Waals surface area contributed by atoms with Gasteiger partial charge >= 0.3 is 0 Å². The van der Waals surface area contributed by atoms with Gasteiger partial charge in [-0.1, -0.05) is 0 Å². The molecular weight excluding hydrogens is 282 g/mol. The number of amides is 1. The molecule has 0 saturated carbocycles. The predicted molar refractivity (Wildman–Crippen MR) is 85.5 cm³/mol. The van der Waals surface area contributed by atoms with E-state index in [1.54, 1.807) is 13.1 Å². The molecule has 0 aromatic carbocycles. The van der Waals surface area contributed by atoms with E-state index >= 15 is 0 Å². The highest BCUT2D eigenvalue weighted by Crippen LogP contribution is 2.26. The number of amidine groups is 1. The number of anilines is 1. The fourth-order valence-electron chi connectivity index (χ4n) is 2.13. The number of aromatic nitrogens is 3. The number of rotatable bonds is 3. The van der Waals surface area contributed by atoms with Gasteiger partial charge in [-0.05, 0) is 26.8 Å². The summed E-state index contributed by atoms with van der Waals surface area (Å²) >= 11 is 0. The minimum Gasteiger partial charge on any atom is -0.402 e. The Labute approximate surface area is 127 Å². The van der Waals surface area contributed by atoms with Crippen molar-refractivity contribution in [1.29, 1.82) is 5.41 Å². The molecule has 0 bridgehead atoms. The lowest BCUT2D eigenvalue weighted by Crippen LogP contribution is -2.29. The zero-order chi connectivity index (χ0) is 16.4. The summed E-state index contributed by atoms with van der Waals surface area (Å²) in [4.78, 5) is 20.5. The second-order valence-corrected chi connectivity index (χ2v) is 5.26. The van der Waals surface area contributed by atoms with Crippen LogP contribution in [0.1, 0.15) is 37.2 Å². The standard InChI is InChI=1S/C14H19N7O/c1-7(2)21-5-9(11-12(17)18-6-19-13(11)21)14(22)20-10(16)4-8(3)15/h4-7H,15H2,1-3H3,(H2,16,20,22)(H2,17,18,19)/b8-4-. The number of nitrogens with one attached hydrogen (secondary N) is 2. The maximum Gasteiger partial charge on any atom is 0.259 e. The van der Waals surface area contributed by atoms with E-state index in [9.17, 15) is 4.79 Å². The molecule has 0 aliphatic heterocycles. The Kier molecular flexibility index (Phi) is 4.11. The first kappa shape index (κ1) is 15.5. The topological polar surface area (TPSA) is 136 Å². The van der Waals surface area contributed by atoms with E-state index in [4.69, 9.17) is 16.9 Å². The molecule has 8 nitrogen and oxygen atoms in total. The van der Waals surface area contributed by atoms with Gasteiger partial charge in [-0.2, -0.15) is 0 Å². The first-order valence-corrected chi connectivity index (χ1v) is 6.76. The van der Waals surface area contributed by atoms with Gasteiger partial charge in [0.2, 0.25) is 0 Å².